The van der Waals surface area contributed by atoms with E-state index in [1.807, 2.05) is 17.4 Å². The molecule has 0 aliphatic rings. The smallest absolute Gasteiger partial charge is 0.136 e. The van der Waals surface area contributed by atoms with Gasteiger partial charge in [0, 0.05) is 36.7 Å². The Morgan fingerprint density at radius 1 is 0.381 bits per heavy atom. The van der Waals surface area contributed by atoms with Crippen molar-refractivity contribution >= 4 is 64.0 Å². The lowest BCUT2D eigenvalue weighted by Gasteiger charge is -2.19. The van der Waals surface area contributed by atoms with Crippen molar-refractivity contribution in [1.82, 2.24) is 0 Å². The molecule has 2 aromatic heterocycles. The van der Waals surface area contributed by atoms with Gasteiger partial charge < -0.3 is 4.42 Å². The molecule has 0 bridgehead atoms. The summed E-state index contributed by atoms with van der Waals surface area (Å²) in [6.07, 6.45) is 0. The van der Waals surface area contributed by atoms with Crippen LogP contribution in [-0.2, 0) is 0 Å². The molecule has 0 N–H and O–H groups in total. The van der Waals surface area contributed by atoms with Crippen LogP contribution in [0.1, 0.15) is 0 Å². The summed E-state index contributed by atoms with van der Waals surface area (Å²) in [7, 11) is 0. The fourth-order valence-electron chi connectivity index (χ4n) is 6.70. The van der Waals surface area contributed by atoms with Crippen molar-refractivity contribution in [3.63, 3.8) is 0 Å². The van der Waals surface area contributed by atoms with Crippen LogP contribution >= 0.6 is 11.3 Å². The fourth-order valence-corrected chi connectivity index (χ4v) is 7.85. The van der Waals surface area contributed by atoms with E-state index < -0.39 is 0 Å². The van der Waals surface area contributed by atoms with Crippen molar-refractivity contribution in [2.45, 2.75) is 0 Å². The monoisotopic (exact) mass is 552 g/mol. The van der Waals surface area contributed by atoms with E-state index >= 15 is 0 Å². The SMILES string of the molecule is c1ccc(-c2cc3c(-c4c5ccccc5c(-c5ccccc5)c5ccccc45)c4c(cc3o2)sc2ccccc24)cc1. The van der Waals surface area contributed by atoms with Gasteiger partial charge in [0.1, 0.15) is 11.3 Å². The van der Waals surface area contributed by atoms with Gasteiger partial charge in [-0.1, -0.05) is 127 Å². The Hall–Kier alpha value is -5.18. The van der Waals surface area contributed by atoms with Gasteiger partial charge in [0.25, 0.3) is 0 Å². The van der Waals surface area contributed by atoms with Crippen LogP contribution < -0.4 is 0 Å². The number of hydrogen-bond donors (Lipinski definition) is 0. The highest BCUT2D eigenvalue weighted by Gasteiger charge is 2.23. The number of hydrogen-bond acceptors (Lipinski definition) is 2. The van der Waals surface area contributed by atoms with Gasteiger partial charge >= 0.3 is 0 Å². The minimum absolute atomic E-state index is 0.892. The molecule has 0 saturated heterocycles. The summed E-state index contributed by atoms with van der Waals surface area (Å²) < 4.78 is 9.18. The first kappa shape index (κ1) is 23.5. The number of rotatable bonds is 3. The summed E-state index contributed by atoms with van der Waals surface area (Å²) in [5, 5.41) is 8.75. The van der Waals surface area contributed by atoms with Crippen LogP contribution in [0.15, 0.2) is 150 Å². The van der Waals surface area contributed by atoms with E-state index in [9.17, 15) is 0 Å². The molecule has 2 heterocycles. The van der Waals surface area contributed by atoms with Gasteiger partial charge in [0.05, 0.1) is 0 Å². The van der Waals surface area contributed by atoms with Gasteiger partial charge in [0.2, 0.25) is 0 Å². The van der Waals surface area contributed by atoms with Gasteiger partial charge in [-0.25, -0.2) is 0 Å². The highest BCUT2D eigenvalue weighted by atomic mass is 32.1. The Morgan fingerprint density at radius 3 is 1.55 bits per heavy atom. The largest absolute Gasteiger partial charge is 0.456 e. The molecule has 0 radical (unpaired) electrons. The van der Waals surface area contributed by atoms with Crippen LogP contribution in [0.4, 0.5) is 0 Å². The number of furan rings is 1. The predicted octanol–water partition coefficient (Wildman–Crippen LogP) is 12.1. The third-order valence-electron chi connectivity index (χ3n) is 8.47. The second kappa shape index (κ2) is 9.17. The van der Waals surface area contributed by atoms with E-state index in [1.54, 1.807) is 0 Å². The lowest BCUT2D eigenvalue weighted by molar-refractivity contribution is 0.632. The summed E-state index contributed by atoms with van der Waals surface area (Å²) >= 11 is 1.84. The highest BCUT2D eigenvalue weighted by Crippen LogP contribution is 2.51. The number of thiophene rings is 1. The maximum absolute atomic E-state index is 6.64. The first-order valence-electron chi connectivity index (χ1n) is 14.3. The highest BCUT2D eigenvalue weighted by molar-refractivity contribution is 7.26. The molecule has 0 unspecified atom stereocenters. The normalized spacial score (nSPS) is 11.8. The first-order chi connectivity index (χ1) is 20.8. The zero-order chi connectivity index (χ0) is 27.6. The van der Waals surface area contributed by atoms with Crippen molar-refractivity contribution in [2.75, 3.05) is 0 Å². The van der Waals surface area contributed by atoms with Gasteiger partial charge in [0.15, 0.2) is 0 Å². The summed E-state index contributed by atoms with van der Waals surface area (Å²) in [5.74, 6) is 0.892. The Kier molecular flexibility index (Phi) is 5.13. The van der Waals surface area contributed by atoms with Crippen LogP contribution in [0.25, 0.3) is 86.3 Å². The summed E-state index contributed by atoms with van der Waals surface area (Å²) in [6.45, 7) is 0. The Bertz CT molecular complexity index is 2390. The molecular weight excluding hydrogens is 529 g/mol. The molecule has 196 valence electrons. The topological polar surface area (TPSA) is 13.1 Å². The molecule has 7 aromatic carbocycles. The van der Waals surface area contributed by atoms with Crippen LogP contribution in [0.2, 0.25) is 0 Å². The third-order valence-corrected chi connectivity index (χ3v) is 9.59. The van der Waals surface area contributed by atoms with Crippen molar-refractivity contribution in [3.8, 4) is 33.6 Å². The van der Waals surface area contributed by atoms with E-state index in [4.69, 9.17) is 4.42 Å². The van der Waals surface area contributed by atoms with E-state index in [0.29, 0.717) is 0 Å². The standard InChI is InChI=1S/C40H24OS/c1-3-13-25(14-4-1)33-23-32-34(41-33)24-36-39(31-21-11-12-22-35(31)42-36)40(32)38-29-19-9-7-17-27(29)37(26-15-5-2-6-16-26)28-18-8-10-20-30(28)38/h1-24H. The maximum atomic E-state index is 6.64. The zero-order valence-electron chi connectivity index (χ0n) is 22.7. The molecule has 0 spiro atoms. The maximum Gasteiger partial charge on any atom is 0.136 e. The molecule has 0 saturated carbocycles. The molecule has 0 aliphatic heterocycles. The molecular formula is C40H24OS. The first-order valence-corrected chi connectivity index (χ1v) is 15.1. The molecule has 0 fully saturated rings. The van der Waals surface area contributed by atoms with E-state index in [0.717, 1.165) is 22.3 Å². The van der Waals surface area contributed by atoms with Gasteiger partial charge in [-0.2, -0.15) is 0 Å². The second-order valence-corrected chi connectivity index (χ2v) is 11.9. The number of benzene rings is 7. The lowest BCUT2D eigenvalue weighted by Crippen LogP contribution is -1.91. The molecule has 9 rings (SSSR count). The van der Waals surface area contributed by atoms with Gasteiger partial charge in [-0.05, 0) is 56.4 Å². The molecule has 1 nitrogen and oxygen atoms in total. The molecule has 0 amide bonds. The predicted molar refractivity (Wildman–Crippen MR) is 180 cm³/mol. The van der Waals surface area contributed by atoms with Crippen LogP contribution in [0.5, 0.6) is 0 Å². The molecule has 42 heavy (non-hydrogen) atoms. The molecule has 2 heteroatoms. The van der Waals surface area contributed by atoms with Crippen molar-refractivity contribution in [1.29, 1.82) is 0 Å². The lowest BCUT2D eigenvalue weighted by atomic mass is 9.84. The second-order valence-electron chi connectivity index (χ2n) is 10.8. The third kappa shape index (κ3) is 3.43. The molecule has 0 aliphatic carbocycles. The van der Waals surface area contributed by atoms with Crippen molar-refractivity contribution < 1.29 is 4.42 Å². The molecule has 0 atom stereocenters. The summed E-state index contributed by atoms with van der Waals surface area (Å²) in [5.41, 5.74) is 7.03. The fraction of sp³-hybridized carbons (Fsp3) is 0. The van der Waals surface area contributed by atoms with Crippen molar-refractivity contribution in [2.24, 2.45) is 0 Å². The molecule has 9 aromatic rings. The zero-order valence-corrected chi connectivity index (χ0v) is 23.5. The van der Waals surface area contributed by atoms with E-state index in [-0.39, 0.29) is 0 Å². The van der Waals surface area contributed by atoms with E-state index in [2.05, 4.69) is 140 Å². The number of fused-ring (bicyclic) bond motifs is 6. The van der Waals surface area contributed by atoms with Crippen LogP contribution in [0.3, 0.4) is 0 Å². The minimum Gasteiger partial charge on any atom is -0.456 e. The van der Waals surface area contributed by atoms with Gasteiger partial charge in [-0.15, -0.1) is 11.3 Å². The summed E-state index contributed by atoms with van der Waals surface area (Å²) in [4.78, 5) is 0. The van der Waals surface area contributed by atoms with Crippen LogP contribution in [0, 0.1) is 0 Å². The van der Waals surface area contributed by atoms with E-state index in [1.165, 1.54) is 64.0 Å². The quantitative estimate of drug-likeness (QED) is 0.199. The van der Waals surface area contributed by atoms with Gasteiger partial charge in [-0.3, -0.25) is 0 Å². The average Bonchev–Trinajstić information content (AvgIpc) is 3.65. The Balaban J connectivity index is 1.52. The van der Waals surface area contributed by atoms with Crippen LogP contribution in [-0.4, -0.2) is 0 Å². The Labute approximate surface area is 246 Å². The van der Waals surface area contributed by atoms with Crippen molar-refractivity contribution in [3.05, 3.63) is 146 Å². The minimum atomic E-state index is 0.892. The summed E-state index contributed by atoms with van der Waals surface area (Å²) in [6, 6.07) is 52.3. The average molecular weight is 553 g/mol. The Morgan fingerprint density at radius 2 is 0.905 bits per heavy atom.